The average Bonchev–Trinajstić information content (AvgIpc) is 3.38. The number of azo groups is 1. The fraction of sp³-hybridized carbons (Fsp3) is 0.150. The highest BCUT2D eigenvalue weighted by Gasteiger charge is 2.36. The number of ether oxygens (including phenoxy) is 1. The predicted octanol–water partition coefficient (Wildman–Crippen LogP) is 5.36. The van der Waals surface area contributed by atoms with Crippen LogP contribution >= 0.6 is 27.3 Å². The Balaban J connectivity index is 1.52. The number of benzene rings is 2. The molecule has 4 rings (SSSR count). The van der Waals surface area contributed by atoms with E-state index in [9.17, 15) is 14.9 Å². The summed E-state index contributed by atoms with van der Waals surface area (Å²) in [5.74, 6) is 0.368. The van der Waals surface area contributed by atoms with E-state index in [1.54, 1.807) is 14.0 Å². The van der Waals surface area contributed by atoms with Crippen molar-refractivity contribution in [3.05, 3.63) is 62.4 Å². The van der Waals surface area contributed by atoms with Crippen LogP contribution in [0.25, 0.3) is 11.3 Å². The molecule has 3 aromatic rings. The molecule has 2 aromatic carbocycles. The minimum Gasteiger partial charge on any atom is -0.497 e. The van der Waals surface area contributed by atoms with Gasteiger partial charge in [-0.1, -0.05) is 0 Å². The third-order valence-corrected chi connectivity index (χ3v) is 6.03. The maximum atomic E-state index is 12.9. The number of rotatable bonds is 6. The van der Waals surface area contributed by atoms with Crippen LogP contribution in [0.15, 0.2) is 67.6 Å². The summed E-state index contributed by atoms with van der Waals surface area (Å²) < 4.78 is 5.57. The monoisotopic (exact) mass is 514 g/mol. The fourth-order valence-electron chi connectivity index (χ4n) is 2.89. The van der Waals surface area contributed by atoms with E-state index in [0.29, 0.717) is 26.7 Å². The van der Waals surface area contributed by atoms with Crippen molar-refractivity contribution in [2.45, 2.75) is 13.0 Å². The van der Waals surface area contributed by atoms with Gasteiger partial charge in [0.1, 0.15) is 5.75 Å². The van der Waals surface area contributed by atoms with Gasteiger partial charge in [-0.05, 0) is 53.2 Å². The first-order chi connectivity index (χ1) is 15.4. The molecule has 1 aromatic heterocycles. The van der Waals surface area contributed by atoms with Crippen LogP contribution in [0.2, 0.25) is 0 Å². The lowest BCUT2D eigenvalue weighted by atomic mass is 10.2. The molecule has 1 atom stereocenters. The highest BCUT2D eigenvalue weighted by molar-refractivity contribution is 9.10. The zero-order chi connectivity index (χ0) is 22.8. The maximum absolute atomic E-state index is 12.9. The summed E-state index contributed by atoms with van der Waals surface area (Å²) in [6, 6.07) is 10.7. The number of aromatic nitrogens is 1. The van der Waals surface area contributed by atoms with Gasteiger partial charge in [0.05, 0.1) is 33.6 Å². The molecule has 0 saturated carbocycles. The standard InChI is InChI=1S/C20H15BrN6O4S/c1-11-18(24-23-16-8-5-13(27(29)30)9-15(16)21)19(28)26(25-11)20-22-17(10-32-20)12-3-6-14(31-2)7-4-12/h3-10,18H,1-2H3. The molecule has 1 amide bonds. The molecule has 12 heteroatoms. The minimum atomic E-state index is -0.898. The number of thiazole rings is 1. The SMILES string of the molecule is COc1ccc(-c2csc(N3N=C(C)C(N=Nc4ccc([N+](=O)[O-])cc4Br)C3=O)n2)cc1. The zero-order valence-electron chi connectivity index (χ0n) is 16.8. The highest BCUT2D eigenvalue weighted by atomic mass is 79.9. The Labute approximate surface area is 194 Å². The van der Waals surface area contributed by atoms with Gasteiger partial charge in [0.15, 0.2) is 6.04 Å². The Kier molecular flexibility index (Phi) is 6.06. The first kappa shape index (κ1) is 21.7. The number of hydrogen-bond acceptors (Lipinski definition) is 9. The van der Waals surface area contributed by atoms with Crippen LogP contribution in [0.3, 0.4) is 0 Å². The first-order valence-corrected chi connectivity index (χ1v) is 10.9. The fourth-order valence-corrected chi connectivity index (χ4v) is 4.13. The van der Waals surface area contributed by atoms with Gasteiger partial charge in [-0.25, -0.2) is 4.98 Å². The molecule has 32 heavy (non-hydrogen) atoms. The lowest BCUT2D eigenvalue weighted by Crippen LogP contribution is -2.29. The topological polar surface area (TPSA) is 123 Å². The van der Waals surface area contributed by atoms with Gasteiger partial charge in [0.2, 0.25) is 5.13 Å². The Morgan fingerprint density at radius 2 is 2.00 bits per heavy atom. The van der Waals surface area contributed by atoms with Crippen molar-refractivity contribution >= 4 is 55.4 Å². The number of nitro groups is 1. The normalized spacial score (nSPS) is 16.0. The van der Waals surface area contributed by atoms with Gasteiger partial charge >= 0.3 is 0 Å². The number of carbonyl (C=O) groups excluding carboxylic acids is 1. The lowest BCUT2D eigenvalue weighted by molar-refractivity contribution is -0.384. The molecule has 0 aliphatic carbocycles. The molecule has 162 valence electrons. The summed E-state index contributed by atoms with van der Waals surface area (Å²) in [4.78, 5) is 27.8. The Morgan fingerprint density at radius 3 is 2.66 bits per heavy atom. The molecular formula is C20H15BrN6O4S. The van der Waals surface area contributed by atoms with Crippen LogP contribution in [-0.4, -0.2) is 34.7 Å². The molecule has 0 spiro atoms. The van der Waals surface area contributed by atoms with Crippen molar-refractivity contribution in [3.8, 4) is 17.0 Å². The van der Waals surface area contributed by atoms with Gasteiger partial charge in [0, 0.05) is 23.1 Å². The number of carbonyl (C=O) groups is 1. The third kappa shape index (κ3) is 4.27. The number of amides is 1. The van der Waals surface area contributed by atoms with Crippen molar-refractivity contribution in [2.24, 2.45) is 15.3 Å². The Hall–Kier alpha value is -3.51. The second-order valence-electron chi connectivity index (χ2n) is 6.65. The number of methoxy groups -OCH3 is 1. The largest absolute Gasteiger partial charge is 0.497 e. The van der Waals surface area contributed by atoms with Crippen LogP contribution in [0.1, 0.15) is 6.92 Å². The van der Waals surface area contributed by atoms with Crippen LogP contribution < -0.4 is 9.75 Å². The maximum Gasteiger partial charge on any atom is 0.282 e. The Morgan fingerprint density at radius 1 is 1.25 bits per heavy atom. The average molecular weight is 515 g/mol. The summed E-state index contributed by atoms with van der Waals surface area (Å²) in [5.41, 5.74) is 2.37. The van der Waals surface area contributed by atoms with Gasteiger partial charge in [-0.3, -0.25) is 14.9 Å². The first-order valence-electron chi connectivity index (χ1n) is 9.21. The number of non-ortho nitro benzene ring substituents is 1. The molecular weight excluding hydrogens is 500 g/mol. The summed E-state index contributed by atoms with van der Waals surface area (Å²) in [5, 5.41) is 26.9. The van der Waals surface area contributed by atoms with E-state index in [-0.39, 0.29) is 11.6 Å². The summed E-state index contributed by atoms with van der Waals surface area (Å²) >= 11 is 4.53. The van der Waals surface area contributed by atoms with Crippen molar-refractivity contribution < 1.29 is 14.5 Å². The number of halogens is 1. The van der Waals surface area contributed by atoms with Crippen LogP contribution in [0.5, 0.6) is 5.75 Å². The van der Waals surface area contributed by atoms with Crippen LogP contribution in [-0.2, 0) is 4.79 Å². The molecule has 0 radical (unpaired) electrons. The van der Waals surface area contributed by atoms with Gasteiger partial charge in [-0.15, -0.1) is 11.3 Å². The smallest absolute Gasteiger partial charge is 0.282 e. The number of hydrazone groups is 1. The van der Waals surface area contributed by atoms with E-state index in [1.807, 2.05) is 29.6 Å². The lowest BCUT2D eigenvalue weighted by Gasteiger charge is -2.08. The van der Waals surface area contributed by atoms with Crippen molar-refractivity contribution in [1.82, 2.24) is 4.98 Å². The number of nitro benzene ring substituents is 1. The molecule has 0 saturated heterocycles. The second kappa shape index (κ2) is 8.93. The molecule has 1 aliphatic heterocycles. The van der Waals surface area contributed by atoms with E-state index in [0.717, 1.165) is 11.3 Å². The third-order valence-electron chi connectivity index (χ3n) is 4.58. The molecule has 0 fully saturated rings. The van der Waals surface area contributed by atoms with Gasteiger partial charge in [0.25, 0.3) is 11.6 Å². The quantitative estimate of drug-likeness (QED) is 0.248. The minimum absolute atomic E-state index is 0.0758. The van der Waals surface area contributed by atoms with E-state index >= 15 is 0 Å². The van der Waals surface area contributed by atoms with E-state index in [1.165, 1.54) is 34.5 Å². The van der Waals surface area contributed by atoms with Gasteiger partial charge < -0.3 is 4.74 Å². The summed E-state index contributed by atoms with van der Waals surface area (Å²) in [6.07, 6.45) is 0. The predicted molar refractivity (Wildman–Crippen MR) is 124 cm³/mol. The molecule has 0 N–H and O–H groups in total. The van der Waals surface area contributed by atoms with Crippen LogP contribution in [0.4, 0.5) is 16.5 Å². The molecule has 10 nitrogen and oxygen atoms in total. The van der Waals surface area contributed by atoms with E-state index in [2.05, 4.69) is 36.2 Å². The number of anilines is 1. The van der Waals surface area contributed by atoms with E-state index < -0.39 is 11.0 Å². The van der Waals surface area contributed by atoms with Gasteiger partial charge in [-0.2, -0.15) is 20.3 Å². The summed E-state index contributed by atoms with van der Waals surface area (Å²) in [6.45, 7) is 1.68. The molecule has 0 bridgehead atoms. The molecule has 1 unspecified atom stereocenters. The summed E-state index contributed by atoms with van der Waals surface area (Å²) in [7, 11) is 1.60. The van der Waals surface area contributed by atoms with Crippen molar-refractivity contribution in [1.29, 1.82) is 0 Å². The number of hydrogen-bond donors (Lipinski definition) is 0. The van der Waals surface area contributed by atoms with Crippen molar-refractivity contribution in [2.75, 3.05) is 12.1 Å². The Bertz CT molecular complexity index is 1260. The number of nitrogens with zero attached hydrogens (tertiary/aromatic N) is 6. The highest BCUT2D eigenvalue weighted by Crippen LogP contribution is 2.33. The zero-order valence-corrected chi connectivity index (χ0v) is 19.2. The van der Waals surface area contributed by atoms with E-state index in [4.69, 9.17) is 4.74 Å². The second-order valence-corrected chi connectivity index (χ2v) is 8.34. The van der Waals surface area contributed by atoms with Crippen LogP contribution in [0, 0.1) is 10.1 Å². The molecule has 2 heterocycles. The van der Waals surface area contributed by atoms with Crippen molar-refractivity contribution in [3.63, 3.8) is 0 Å². The molecule has 1 aliphatic rings.